The molecule has 2 bridgehead atoms. The monoisotopic (exact) mass is 166 g/mol. The highest BCUT2D eigenvalue weighted by Crippen LogP contribution is 2.31. The summed E-state index contributed by atoms with van der Waals surface area (Å²) in [5, 5.41) is 10.3. The molecular weight excluding hydrogens is 154 g/mol. The van der Waals surface area contributed by atoms with Crippen LogP contribution in [0.4, 0.5) is 0 Å². The lowest BCUT2D eigenvalue weighted by Gasteiger charge is -2.41. The van der Waals surface area contributed by atoms with E-state index in [4.69, 9.17) is 0 Å². The summed E-state index contributed by atoms with van der Waals surface area (Å²) in [6.45, 7) is 3.11. The molecule has 3 fully saturated rings. The van der Waals surface area contributed by atoms with E-state index in [1.165, 1.54) is 6.08 Å². The number of hydrogen-bond acceptors (Lipinski definition) is 3. The number of rotatable bonds is 1. The second-order valence-electron chi connectivity index (χ2n) is 3.59. The standard InChI is InChI=1S/C9H13NO2/c11-9(12)5-8-6-10-3-1-7(8)2-4-10/h5,7H,1-4,6H2,(H,11,12)/p-1/b8-5+. The molecular formula is C9H12NO2-. The molecule has 0 spiro atoms. The van der Waals surface area contributed by atoms with E-state index in [0.717, 1.165) is 38.0 Å². The van der Waals surface area contributed by atoms with Gasteiger partial charge in [-0.1, -0.05) is 5.57 Å². The molecule has 0 saturated carbocycles. The van der Waals surface area contributed by atoms with Crippen LogP contribution in [0.15, 0.2) is 11.6 Å². The lowest BCUT2D eigenvalue weighted by Crippen LogP contribution is -2.43. The Kier molecular flexibility index (Phi) is 1.89. The maximum atomic E-state index is 10.3. The van der Waals surface area contributed by atoms with Crippen LogP contribution in [-0.2, 0) is 4.79 Å². The first-order valence-electron chi connectivity index (χ1n) is 4.39. The third kappa shape index (κ3) is 1.37. The summed E-state index contributed by atoms with van der Waals surface area (Å²) in [4.78, 5) is 12.6. The fraction of sp³-hybridized carbons (Fsp3) is 0.667. The molecule has 3 aliphatic rings. The topological polar surface area (TPSA) is 43.4 Å². The van der Waals surface area contributed by atoms with Crippen molar-refractivity contribution in [2.45, 2.75) is 12.8 Å². The van der Waals surface area contributed by atoms with Gasteiger partial charge in [0.15, 0.2) is 0 Å². The largest absolute Gasteiger partial charge is 0.545 e. The first-order valence-corrected chi connectivity index (χ1v) is 4.39. The number of piperidine rings is 3. The molecule has 0 N–H and O–H groups in total. The number of nitrogens with zero attached hydrogens (tertiary/aromatic N) is 1. The molecule has 12 heavy (non-hydrogen) atoms. The second-order valence-corrected chi connectivity index (χ2v) is 3.59. The van der Waals surface area contributed by atoms with Crippen LogP contribution < -0.4 is 5.11 Å². The maximum absolute atomic E-state index is 10.3. The Hall–Kier alpha value is -0.830. The zero-order chi connectivity index (χ0) is 8.55. The minimum absolute atomic E-state index is 0.521. The smallest absolute Gasteiger partial charge is 0.0642 e. The van der Waals surface area contributed by atoms with E-state index >= 15 is 0 Å². The van der Waals surface area contributed by atoms with Crippen molar-refractivity contribution in [1.29, 1.82) is 0 Å². The normalized spacial score (nSPS) is 37.2. The molecule has 3 nitrogen and oxygen atoms in total. The number of carbonyl (C=O) groups excluding carboxylic acids is 1. The summed E-state index contributed by atoms with van der Waals surface area (Å²) in [6.07, 6.45) is 3.54. The Labute approximate surface area is 71.7 Å². The van der Waals surface area contributed by atoms with Crippen LogP contribution in [-0.4, -0.2) is 30.5 Å². The maximum Gasteiger partial charge on any atom is 0.0642 e. The van der Waals surface area contributed by atoms with Gasteiger partial charge in [0.1, 0.15) is 0 Å². The Morgan fingerprint density at radius 1 is 1.50 bits per heavy atom. The fourth-order valence-corrected chi connectivity index (χ4v) is 2.16. The first-order chi connectivity index (χ1) is 5.75. The summed E-state index contributed by atoms with van der Waals surface area (Å²) < 4.78 is 0. The molecule has 0 aromatic heterocycles. The van der Waals surface area contributed by atoms with Crippen LogP contribution in [0.5, 0.6) is 0 Å². The Bertz CT molecular complexity index is 227. The van der Waals surface area contributed by atoms with Crippen molar-refractivity contribution in [3.8, 4) is 0 Å². The van der Waals surface area contributed by atoms with Crippen molar-refractivity contribution in [3.63, 3.8) is 0 Å². The van der Waals surface area contributed by atoms with Gasteiger partial charge < -0.3 is 9.90 Å². The molecule has 3 heterocycles. The van der Waals surface area contributed by atoms with E-state index < -0.39 is 5.97 Å². The molecule has 3 saturated heterocycles. The van der Waals surface area contributed by atoms with Gasteiger partial charge in [-0.05, 0) is 37.9 Å². The second kappa shape index (κ2) is 2.90. The van der Waals surface area contributed by atoms with Crippen LogP contribution in [0.25, 0.3) is 0 Å². The van der Waals surface area contributed by atoms with Crippen molar-refractivity contribution in [2.24, 2.45) is 5.92 Å². The average Bonchev–Trinajstić information content (AvgIpc) is 2.05. The molecule has 0 aromatic rings. The molecule has 0 aromatic carbocycles. The van der Waals surface area contributed by atoms with E-state index in [0.29, 0.717) is 5.92 Å². The Balaban J connectivity index is 2.13. The lowest BCUT2D eigenvalue weighted by molar-refractivity contribution is -0.297. The van der Waals surface area contributed by atoms with Gasteiger partial charge in [0.2, 0.25) is 0 Å². The molecule has 0 amide bonds. The van der Waals surface area contributed by atoms with Crippen molar-refractivity contribution in [2.75, 3.05) is 19.6 Å². The third-order valence-corrected chi connectivity index (χ3v) is 2.82. The van der Waals surface area contributed by atoms with E-state index in [2.05, 4.69) is 4.90 Å². The number of carboxylic acid groups (broad SMARTS) is 1. The van der Waals surface area contributed by atoms with Crippen LogP contribution in [0.1, 0.15) is 12.8 Å². The predicted molar refractivity (Wildman–Crippen MR) is 42.3 cm³/mol. The fourth-order valence-electron chi connectivity index (χ4n) is 2.16. The van der Waals surface area contributed by atoms with E-state index in [9.17, 15) is 9.90 Å². The lowest BCUT2D eigenvalue weighted by atomic mass is 9.84. The predicted octanol–water partition coefficient (Wildman–Crippen LogP) is -0.612. The number of carboxylic acids is 1. The summed E-state index contributed by atoms with van der Waals surface area (Å²) in [5.74, 6) is -0.522. The van der Waals surface area contributed by atoms with Crippen LogP contribution in [0.2, 0.25) is 0 Å². The third-order valence-electron chi connectivity index (χ3n) is 2.82. The van der Waals surface area contributed by atoms with Crippen molar-refractivity contribution >= 4 is 5.97 Å². The Morgan fingerprint density at radius 3 is 2.58 bits per heavy atom. The van der Waals surface area contributed by atoms with Gasteiger partial charge >= 0.3 is 0 Å². The average molecular weight is 166 g/mol. The molecule has 0 unspecified atom stereocenters. The highest BCUT2D eigenvalue weighted by atomic mass is 16.4. The molecule has 0 aliphatic carbocycles. The number of aliphatic carboxylic acids is 1. The zero-order valence-electron chi connectivity index (χ0n) is 6.95. The highest BCUT2D eigenvalue weighted by Gasteiger charge is 2.28. The van der Waals surface area contributed by atoms with Gasteiger partial charge in [0, 0.05) is 6.54 Å². The van der Waals surface area contributed by atoms with Gasteiger partial charge in [-0.3, -0.25) is 4.90 Å². The van der Waals surface area contributed by atoms with E-state index in [1.807, 2.05) is 0 Å². The highest BCUT2D eigenvalue weighted by molar-refractivity contribution is 5.78. The molecule has 3 aliphatic heterocycles. The van der Waals surface area contributed by atoms with Gasteiger partial charge in [-0.2, -0.15) is 0 Å². The van der Waals surface area contributed by atoms with Crippen molar-refractivity contribution in [3.05, 3.63) is 11.6 Å². The quantitative estimate of drug-likeness (QED) is 0.488. The van der Waals surface area contributed by atoms with E-state index in [-0.39, 0.29) is 0 Å². The van der Waals surface area contributed by atoms with Crippen molar-refractivity contribution in [1.82, 2.24) is 4.90 Å². The SMILES string of the molecule is O=C([O-])/C=C1\CN2CCC1CC2. The molecule has 0 atom stereocenters. The van der Waals surface area contributed by atoms with Crippen LogP contribution >= 0.6 is 0 Å². The zero-order valence-corrected chi connectivity index (χ0v) is 6.95. The number of carbonyl (C=O) groups is 1. The molecule has 3 heteroatoms. The number of hydrogen-bond donors (Lipinski definition) is 0. The summed E-state index contributed by atoms with van der Waals surface area (Å²) in [6, 6.07) is 0. The van der Waals surface area contributed by atoms with Gasteiger partial charge in [0.25, 0.3) is 0 Å². The molecule has 3 rings (SSSR count). The van der Waals surface area contributed by atoms with Crippen LogP contribution in [0.3, 0.4) is 0 Å². The van der Waals surface area contributed by atoms with Gasteiger partial charge in [0.05, 0.1) is 5.97 Å². The van der Waals surface area contributed by atoms with E-state index in [1.54, 1.807) is 0 Å². The Morgan fingerprint density at radius 2 is 2.17 bits per heavy atom. The molecule has 0 radical (unpaired) electrons. The number of fused-ring (bicyclic) bond motifs is 3. The summed E-state index contributed by atoms with van der Waals surface area (Å²) in [7, 11) is 0. The summed E-state index contributed by atoms with van der Waals surface area (Å²) >= 11 is 0. The minimum atomic E-state index is -1.04. The minimum Gasteiger partial charge on any atom is -0.545 e. The van der Waals surface area contributed by atoms with Crippen LogP contribution in [0, 0.1) is 5.92 Å². The van der Waals surface area contributed by atoms with Gasteiger partial charge in [-0.25, -0.2) is 0 Å². The van der Waals surface area contributed by atoms with Gasteiger partial charge in [-0.15, -0.1) is 0 Å². The first kappa shape index (κ1) is 7.80. The molecule has 66 valence electrons. The van der Waals surface area contributed by atoms with Crippen molar-refractivity contribution < 1.29 is 9.90 Å². The summed E-state index contributed by atoms with van der Waals surface area (Å²) in [5.41, 5.74) is 1.06.